The van der Waals surface area contributed by atoms with Crippen molar-refractivity contribution in [2.45, 2.75) is 171 Å². The number of hydrogen-bond acceptors (Lipinski definition) is 7. The molecule has 1 N–H and O–H groups in total. The Bertz CT molecular complexity index is 7300. The van der Waals surface area contributed by atoms with Crippen LogP contribution in [0.2, 0.25) is 0 Å². The van der Waals surface area contributed by atoms with Crippen molar-refractivity contribution in [1.29, 1.82) is 0 Å². The second kappa shape index (κ2) is 39.2. The number of esters is 1. The van der Waals surface area contributed by atoms with Crippen molar-refractivity contribution in [1.82, 2.24) is 0 Å². The number of ether oxygens (including phenoxy) is 5. The summed E-state index contributed by atoms with van der Waals surface area (Å²) in [5.41, 5.74) is 8.63. The lowest BCUT2D eigenvalue weighted by Crippen LogP contribution is -2.58. The maximum absolute atomic E-state index is 13.0. The zero-order chi connectivity index (χ0) is 93.0. The number of fused-ring (bicyclic) bond motifs is 13. The van der Waals surface area contributed by atoms with Gasteiger partial charge in [-0.25, -0.2) is 4.79 Å². The SMILES string of the molecule is CCCCCCOc1c(C)cc(-[s+]2c3ccccc3c3ccccc32)cc1C.Cc1cc(-[s+]2c3ccccc3c3ccccc32)cc(C)c1O.Cc1cc(-[s+]2c3ccccc3c3ccccc32)cc(C)c1OCC(=O)OC1(C)C2CC3CC(C2)CC1C3.Cc1cc(-[s+]2c3ccccc3c3ccccc32)cc(C)c1OCOC1C2CC3CC(C2)CC1C3.c1ccc(-[s+]2ccc3ccccc32)cc1. The van der Waals surface area contributed by atoms with Crippen LogP contribution in [0, 0.1) is 103 Å². The lowest BCUT2D eigenvalue weighted by Gasteiger charge is -2.59. The third-order valence-corrected chi connectivity index (χ3v) is 41.8. The lowest BCUT2D eigenvalue weighted by molar-refractivity contribution is -0.204. The normalized spacial score (nSPS) is 20.1. The van der Waals surface area contributed by atoms with Crippen LogP contribution in [-0.2, 0) is 14.3 Å². The molecule has 14 aromatic carbocycles. The number of unbranched alkanes of at least 4 members (excludes halogenated alkanes) is 3. The maximum Gasteiger partial charge on any atom is 0.344 e. The number of carbonyl (C=O) groups is 1. The fourth-order valence-electron chi connectivity index (χ4n) is 24.7. The Labute approximate surface area is 815 Å². The van der Waals surface area contributed by atoms with Crippen molar-refractivity contribution in [3.8, 4) is 47.5 Å². The number of aryl methyl sites for hydroxylation is 8. The Morgan fingerprint density at radius 2 is 0.640 bits per heavy atom. The quantitative estimate of drug-likeness (QED) is 0.0374. The number of carbonyl (C=O) groups excluding carboxylic acids is 1. The van der Waals surface area contributed by atoms with Gasteiger partial charge in [-0.05, 0) is 346 Å². The maximum atomic E-state index is 13.0. The minimum atomic E-state index is -0.313. The summed E-state index contributed by atoms with van der Waals surface area (Å²) in [4.78, 5) is 19.8. The molecule has 136 heavy (non-hydrogen) atoms. The van der Waals surface area contributed by atoms with E-state index >= 15 is 0 Å². The Balaban J connectivity index is 0.000000104. The van der Waals surface area contributed by atoms with Gasteiger partial charge >= 0.3 is 5.97 Å². The van der Waals surface area contributed by atoms with E-state index in [-0.39, 0.29) is 70.5 Å². The molecule has 8 aliphatic carbocycles. The number of benzene rings is 14. The molecular formula is C124H125O7S5+5. The molecule has 12 heteroatoms. The van der Waals surface area contributed by atoms with Gasteiger partial charge in [-0.3, -0.25) is 0 Å². The molecule has 5 aromatic heterocycles. The monoisotopic (exact) mass is 1890 g/mol. The van der Waals surface area contributed by atoms with Crippen LogP contribution in [-0.4, -0.2) is 42.8 Å². The average Bonchev–Trinajstić information content (AvgIpc) is 1.34. The predicted molar refractivity (Wildman–Crippen MR) is 582 cm³/mol. The van der Waals surface area contributed by atoms with Crippen LogP contribution in [0.25, 0.3) is 115 Å². The van der Waals surface area contributed by atoms with Gasteiger partial charge in [0.05, 0.1) is 12.7 Å². The van der Waals surface area contributed by atoms with Crippen molar-refractivity contribution >= 4 is 149 Å². The molecule has 8 fully saturated rings. The summed E-state index contributed by atoms with van der Waals surface area (Å²) < 4.78 is 44.0. The minimum absolute atomic E-state index is 0.0275. The molecule has 0 aliphatic heterocycles. The Hall–Kier alpha value is -11.5. The van der Waals surface area contributed by atoms with E-state index in [1.165, 1.54) is 221 Å². The van der Waals surface area contributed by atoms with E-state index in [9.17, 15) is 9.90 Å². The van der Waals surface area contributed by atoms with Crippen LogP contribution >= 0.6 is 52.3 Å². The molecule has 1 atom stereocenters. The van der Waals surface area contributed by atoms with Gasteiger partial charge in [0.1, 0.15) is 34.0 Å². The van der Waals surface area contributed by atoms with E-state index in [1.54, 1.807) is 0 Å². The molecule has 1 unspecified atom stereocenters. The fraction of sp³-hybridized carbons (Fsp3) is 0.298. The fourth-order valence-corrected chi connectivity index (χ4v) is 36.9. The first kappa shape index (κ1) is 91.0. The van der Waals surface area contributed by atoms with Crippen LogP contribution in [0.5, 0.6) is 23.0 Å². The smallest absolute Gasteiger partial charge is 0.344 e. The Morgan fingerprint density at radius 3 is 1.00 bits per heavy atom. The van der Waals surface area contributed by atoms with Gasteiger partial charge in [0, 0.05) is 155 Å². The van der Waals surface area contributed by atoms with Crippen molar-refractivity contribution < 1.29 is 33.6 Å². The summed E-state index contributed by atoms with van der Waals surface area (Å²) in [6.07, 6.45) is 18.7. The molecule has 8 saturated carbocycles. The summed E-state index contributed by atoms with van der Waals surface area (Å²) in [5.74, 6) is 9.32. The molecule has 8 aliphatic rings. The van der Waals surface area contributed by atoms with Crippen molar-refractivity contribution in [2.75, 3.05) is 20.0 Å². The first-order valence-electron chi connectivity index (χ1n) is 49.5. The summed E-state index contributed by atoms with van der Waals surface area (Å²) in [7, 11) is -0.172. The van der Waals surface area contributed by atoms with Crippen LogP contribution in [0.4, 0.5) is 0 Å². The standard InChI is InChI=1S/C33H35O3S.C31H33O2S.C26H29OS.C20H16OS.C14H11S/c1-20-12-26(37-29-10-6-4-8-27(29)28-9-5-7-11-30(28)37)13-21(2)32(20)35-19-31(34)36-33(3)24-15-22-14-23(17-24)18-25(33)16-22;1-19-11-25(34-28-9-5-3-7-26(28)27-8-4-6-10-29(27)34)12-20(2)30(19)32-18-33-31-23-14-21-13-22(16-23)17-24(31)15-21;1-4-5-6-11-16-27-26-19(2)17-21(18-20(26)3)28-24-14-9-7-12-22(24)23-13-8-10-15-25(23)28;1-13-11-15(12-14(2)20(13)21)22-18-9-5-3-7-16(18)17-8-4-6-10-19(17)22;1-2-7-13(8-3-1)15-11-10-12-6-4-5-9-14(12)15/h4-13,22-25H,14-19H2,1-3H3;3-12,21-24,31H,13-18H2,1-2H3;7-10,12-15,17-18H,4-6,11,16H2,1-3H3;3-12H,1-2H3;1-11H/q3*+1;;+1/p+1. The Kier molecular flexibility index (Phi) is 26.2. The average molecular weight is 1890 g/mol. The van der Waals surface area contributed by atoms with Gasteiger partial charge in [-0.15, -0.1) is 0 Å². The summed E-state index contributed by atoms with van der Waals surface area (Å²) in [6, 6.07) is 110. The van der Waals surface area contributed by atoms with E-state index in [2.05, 4.69) is 364 Å². The third-order valence-electron chi connectivity index (χ3n) is 30.5. The van der Waals surface area contributed by atoms with Gasteiger partial charge in [0.15, 0.2) is 80.2 Å². The molecular weight excluding hydrogens is 1760 g/mol. The highest BCUT2D eigenvalue weighted by Gasteiger charge is 2.57. The molecule has 8 bridgehead atoms. The summed E-state index contributed by atoms with van der Waals surface area (Å²) in [5, 5.41) is 24.6. The van der Waals surface area contributed by atoms with Gasteiger partial charge < -0.3 is 28.8 Å². The van der Waals surface area contributed by atoms with Gasteiger partial charge in [0.2, 0.25) is 0 Å². The molecule has 7 nitrogen and oxygen atoms in total. The number of thiophene rings is 5. The Morgan fingerprint density at radius 1 is 0.331 bits per heavy atom. The summed E-state index contributed by atoms with van der Waals surface area (Å²) in [6.45, 7) is 22.5. The molecule has 27 rings (SSSR count). The topological polar surface area (TPSA) is 83.5 Å². The van der Waals surface area contributed by atoms with Gasteiger partial charge in [0.25, 0.3) is 0 Å². The zero-order valence-electron chi connectivity index (χ0n) is 80.1. The highest BCUT2D eigenvalue weighted by molar-refractivity contribution is 7.52. The van der Waals surface area contributed by atoms with Gasteiger partial charge in [-0.1, -0.05) is 154 Å². The van der Waals surface area contributed by atoms with E-state index < -0.39 is 0 Å². The number of rotatable bonds is 19. The van der Waals surface area contributed by atoms with Crippen LogP contribution < -0.4 is 14.2 Å². The van der Waals surface area contributed by atoms with E-state index in [0.29, 0.717) is 30.5 Å². The third kappa shape index (κ3) is 17.7. The molecule has 688 valence electrons. The van der Waals surface area contributed by atoms with E-state index in [4.69, 9.17) is 23.7 Å². The number of hydrogen-bond donors (Lipinski definition) is 1. The first-order valence-corrected chi connectivity index (χ1v) is 55.7. The molecule has 0 spiro atoms. The molecule has 19 aromatic rings. The minimum Gasteiger partial charge on any atom is -0.507 e. The number of phenolic OH excluding ortho intramolecular Hbond substituents is 1. The van der Waals surface area contributed by atoms with E-state index in [0.717, 1.165) is 88.0 Å². The highest BCUT2D eigenvalue weighted by atomic mass is 32.2. The van der Waals surface area contributed by atoms with Crippen LogP contribution in [0.1, 0.15) is 148 Å². The van der Waals surface area contributed by atoms with Crippen LogP contribution in [0.3, 0.4) is 0 Å². The molecule has 5 heterocycles. The van der Waals surface area contributed by atoms with Crippen molar-refractivity contribution in [3.05, 3.63) is 353 Å². The van der Waals surface area contributed by atoms with Gasteiger partial charge in [-0.2, -0.15) is 0 Å². The largest absolute Gasteiger partial charge is 0.507 e. The predicted octanol–water partition coefficient (Wildman–Crippen LogP) is 35.9. The summed E-state index contributed by atoms with van der Waals surface area (Å²) >= 11 is 0. The zero-order valence-corrected chi connectivity index (χ0v) is 84.2. The first-order chi connectivity index (χ1) is 66.4. The lowest BCUT2D eigenvalue weighted by atomic mass is 9.50. The van der Waals surface area contributed by atoms with Crippen LogP contribution in [0.15, 0.2) is 309 Å². The number of aromatic hydroxyl groups is 1. The highest BCUT2D eigenvalue weighted by Crippen LogP contribution is 2.61. The second-order valence-electron chi connectivity index (χ2n) is 39.7. The molecule has 0 saturated heterocycles. The molecule has 0 radical (unpaired) electrons. The van der Waals surface area contributed by atoms with Crippen molar-refractivity contribution in [3.63, 3.8) is 0 Å². The second-order valence-corrected chi connectivity index (χ2v) is 49.4. The van der Waals surface area contributed by atoms with E-state index in [1.807, 2.05) is 13.8 Å². The molecule has 0 amide bonds. The van der Waals surface area contributed by atoms with Crippen molar-refractivity contribution in [2.24, 2.45) is 47.3 Å². The number of phenols is 1.